The monoisotopic (exact) mass is 582 g/mol. The molecule has 0 spiro atoms. The molecule has 0 radical (unpaired) electrons. The predicted octanol–water partition coefficient (Wildman–Crippen LogP) is 5.47. The highest BCUT2D eigenvalue weighted by molar-refractivity contribution is 7.12. The molecule has 1 aliphatic heterocycles. The number of fused-ring (bicyclic) bond motifs is 1. The second-order valence-corrected chi connectivity index (χ2v) is 10.7. The van der Waals surface area contributed by atoms with Crippen LogP contribution in [0.2, 0.25) is 10.0 Å². The molecule has 8 nitrogen and oxygen atoms in total. The first-order valence-electron chi connectivity index (χ1n) is 11.9. The zero-order valence-corrected chi connectivity index (χ0v) is 22.5. The maximum Gasteiger partial charge on any atom is 0.353 e. The molecule has 2 atom stereocenters. The van der Waals surface area contributed by atoms with E-state index in [9.17, 15) is 24.0 Å². The van der Waals surface area contributed by atoms with Gasteiger partial charge in [0.15, 0.2) is 5.78 Å². The van der Waals surface area contributed by atoms with E-state index >= 15 is 0 Å². The van der Waals surface area contributed by atoms with Crippen molar-refractivity contribution in [2.45, 2.75) is 12.8 Å². The number of hydrazine groups is 1. The summed E-state index contributed by atoms with van der Waals surface area (Å²) in [4.78, 5) is 66.2. The van der Waals surface area contributed by atoms with Crippen LogP contribution in [-0.4, -0.2) is 46.0 Å². The van der Waals surface area contributed by atoms with Gasteiger partial charge in [-0.05, 0) is 66.8 Å². The molecular formula is C28H20Cl2N2O6S. The van der Waals surface area contributed by atoms with E-state index in [0.717, 1.165) is 10.0 Å². The summed E-state index contributed by atoms with van der Waals surface area (Å²) in [5.74, 6) is -3.93. The molecule has 0 N–H and O–H groups in total. The summed E-state index contributed by atoms with van der Waals surface area (Å²) in [6, 6.07) is 13.3. The second-order valence-electron chi connectivity index (χ2n) is 8.95. The summed E-state index contributed by atoms with van der Waals surface area (Å²) in [5.41, 5.74) is 0.169. The third kappa shape index (κ3) is 5.38. The number of Topliss-reactive ketones (excluding diaryl/α,β-unsaturated/α-hetero) is 1. The Hall–Kier alpha value is -3.79. The number of benzene rings is 2. The van der Waals surface area contributed by atoms with Crippen LogP contribution in [-0.2, 0) is 9.59 Å². The van der Waals surface area contributed by atoms with Crippen molar-refractivity contribution >= 4 is 64.0 Å². The maximum absolute atomic E-state index is 13.6. The molecule has 0 unspecified atom stereocenters. The molecule has 5 rings (SSSR count). The summed E-state index contributed by atoms with van der Waals surface area (Å²) in [7, 11) is 0. The number of rotatable bonds is 7. The quantitative estimate of drug-likeness (QED) is 0.120. The Morgan fingerprint density at radius 1 is 0.949 bits per heavy atom. The van der Waals surface area contributed by atoms with Gasteiger partial charge in [0.2, 0.25) is 0 Å². The van der Waals surface area contributed by atoms with Crippen molar-refractivity contribution in [3.8, 4) is 5.75 Å². The molecule has 0 bridgehead atoms. The summed E-state index contributed by atoms with van der Waals surface area (Å²) in [6.07, 6.45) is 4.40. The molecule has 1 saturated heterocycles. The molecule has 2 aliphatic rings. The minimum Gasteiger partial charge on any atom is -0.422 e. The first-order valence-corrected chi connectivity index (χ1v) is 13.6. The fourth-order valence-electron chi connectivity index (χ4n) is 4.54. The van der Waals surface area contributed by atoms with E-state index in [0.29, 0.717) is 22.7 Å². The maximum atomic E-state index is 13.6. The first-order chi connectivity index (χ1) is 18.7. The number of hydrogen-bond acceptors (Lipinski definition) is 7. The third-order valence-electron chi connectivity index (χ3n) is 6.52. The lowest BCUT2D eigenvalue weighted by Gasteiger charge is -2.30. The van der Waals surface area contributed by atoms with E-state index in [1.807, 2.05) is 12.2 Å². The van der Waals surface area contributed by atoms with Crippen molar-refractivity contribution in [1.82, 2.24) is 10.0 Å². The average Bonchev–Trinajstić information content (AvgIpc) is 3.55. The van der Waals surface area contributed by atoms with Gasteiger partial charge in [0.1, 0.15) is 17.2 Å². The zero-order chi connectivity index (χ0) is 27.7. The van der Waals surface area contributed by atoms with Crippen molar-refractivity contribution in [1.29, 1.82) is 0 Å². The predicted molar refractivity (Wildman–Crippen MR) is 145 cm³/mol. The Balaban J connectivity index is 1.40. The number of ketones is 1. The number of imide groups is 1. The molecule has 1 aliphatic carbocycles. The third-order valence-corrected chi connectivity index (χ3v) is 7.92. The molecule has 11 heteroatoms. The molecule has 3 amide bonds. The van der Waals surface area contributed by atoms with Gasteiger partial charge in [0.25, 0.3) is 17.7 Å². The van der Waals surface area contributed by atoms with Gasteiger partial charge in [-0.1, -0.05) is 41.4 Å². The van der Waals surface area contributed by atoms with E-state index in [4.69, 9.17) is 27.9 Å². The van der Waals surface area contributed by atoms with Gasteiger partial charge in [-0.25, -0.2) is 9.80 Å². The molecule has 198 valence electrons. The molecule has 3 aromatic rings. The Kier molecular flexibility index (Phi) is 7.65. The number of hydrogen-bond donors (Lipinski definition) is 0. The topological polar surface area (TPSA) is 101 Å². The zero-order valence-electron chi connectivity index (χ0n) is 20.2. The number of carbonyl (C=O) groups excluding carboxylic acids is 5. The van der Waals surface area contributed by atoms with Gasteiger partial charge < -0.3 is 4.74 Å². The summed E-state index contributed by atoms with van der Waals surface area (Å²) < 4.78 is 5.32. The molecule has 2 heterocycles. The average molecular weight is 583 g/mol. The van der Waals surface area contributed by atoms with Crippen molar-refractivity contribution in [2.75, 3.05) is 6.54 Å². The fourth-order valence-corrected chi connectivity index (χ4v) is 5.63. The van der Waals surface area contributed by atoms with Crippen LogP contribution in [0.3, 0.4) is 0 Å². The van der Waals surface area contributed by atoms with Gasteiger partial charge in [-0.15, -0.1) is 11.3 Å². The minimum absolute atomic E-state index is 0.0139. The smallest absolute Gasteiger partial charge is 0.353 e. The Bertz CT molecular complexity index is 1480. The summed E-state index contributed by atoms with van der Waals surface area (Å²) in [6.45, 7) is -0.601. The van der Waals surface area contributed by atoms with Crippen LogP contribution in [0.4, 0.5) is 0 Å². The van der Waals surface area contributed by atoms with Crippen LogP contribution < -0.4 is 4.74 Å². The SMILES string of the molecule is O=C(CN(C(=O)c1ccc(Cl)cc1Cl)N1C(=O)[C@H]2CC=CC[C@H]2C1=O)c1ccc(OC(=O)c2cccs2)cc1. The lowest BCUT2D eigenvalue weighted by Crippen LogP contribution is -2.52. The largest absolute Gasteiger partial charge is 0.422 e. The summed E-state index contributed by atoms with van der Waals surface area (Å²) >= 11 is 13.5. The molecule has 2 aromatic carbocycles. The van der Waals surface area contributed by atoms with Crippen molar-refractivity contribution in [3.05, 3.63) is 98.2 Å². The van der Waals surface area contributed by atoms with Crippen LogP contribution >= 0.6 is 34.5 Å². The van der Waals surface area contributed by atoms with Crippen LogP contribution in [0.1, 0.15) is 43.2 Å². The Morgan fingerprint density at radius 3 is 2.21 bits per heavy atom. The number of halogens is 2. The van der Waals surface area contributed by atoms with Crippen LogP contribution in [0.5, 0.6) is 5.75 Å². The summed E-state index contributed by atoms with van der Waals surface area (Å²) in [5, 5.41) is 3.70. The Morgan fingerprint density at radius 2 is 1.62 bits per heavy atom. The van der Waals surface area contributed by atoms with E-state index < -0.39 is 47.9 Å². The highest BCUT2D eigenvalue weighted by Gasteiger charge is 2.51. The van der Waals surface area contributed by atoms with Gasteiger partial charge >= 0.3 is 5.97 Å². The number of allylic oxidation sites excluding steroid dienone is 2. The first kappa shape index (κ1) is 26.8. The lowest BCUT2D eigenvalue weighted by molar-refractivity contribution is -0.154. The molecule has 1 fully saturated rings. The van der Waals surface area contributed by atoms with Crippen molar-refractivity contribution in [2.24, 2.45) is 11.8 Å². The normalized spacial score (nSPS) is 18.2. The number of thiophene rings is 1. The second kappa shape index (κ2) is 11.1. The van der Waals surface area contributed by atoms with Crippen LogP contribution in [0.25, 0.3) is 0 Å². The number of nitrogens with zero attached hydrogens (tertiary/aromatic N) is 2. The standard InChI is InChI=1S/C28H20Cl2N2O6S/c29-17-9-12-21(22(30)14-17)25(34)31(32-26(35)19-4-1-2-5-20(19)27(32)36)15-23(33)16-7-10-18(11-8-16)38-28(37)24-6-3-13-39-24/h1-3,6-14,19-20H,4-5,15H2/t19-,20+. The number of ether oxygens (including phenoxy) is 1. The van der Waals surface area contributed by atoms with Crippen LogP contribution in [0.15, 0.2) is 72.1 Å². The fraction of sp³-hybridized carbons (Fsp3) is 0.179. The highest BCUT2D eigenvalue weighted by Crippen LogP contribution is 2.36. The molecule has 1 aromatic heterocycles. The van der Waals surface area contributed by atoms with Gasteiger partial charge in [-0.2, -0.15) is 5.01 Å². The lowest BCUT2D eigenvalue weighted by atomic mass is 9.85. The van der Waals surface area contributed by atoms with E-state index in [-0.39, 0.29) is 21.9 Å². The molecule has 39 heavy (non-hydrogen) atoms. The van der Waals surface area contributed by atoms with Gasteiger partial charge in [0, 0.05) is 10.6 Å². The van der Waals surface area contributed by atoms with Crippen molar-refractivity contribution in [3.63, 3.8) is 0 Å². The number of amides is 3. The molecular weight excluding hydrogens is 563 g/mol. The number of esters is 1. The van der Waals surface area contributed by atoms with E-state index in [1.54, 1.807) is 17.5 Å². The Labute approximate surface area is 237 Å². The van der Waals surface area contributed by atoms with E-state index in [1.165, 1.54) is 53.8 Å². The minimum atomic E-state index is -0.792. The molecule has 0 saturated carbocycles. The van der Waals surface area contributed by atoms with Gasteiger partial charge in [-0.3, -0.25) is 19.2 Å². The highest BCUT2D eigenvalue weighted by atomic mass is 35.5. The van der Waals surface area contributed by atoms with Crippen molar-refractivity contribution < 1.29 is 28.7 Å². The number of carbonyl (C=O) groups is 5. The van der Waals surface area contributed by atoms with E-state index in [2.05, 4.69) is 0 Å². The van der Waals surface area contributed by atoms with Gasteiger partial charge in [0.05, 0.1) is 22.4 Å². The van der Waals surface area contributed by atoms with Crippen LogP contribution in [0, 0.1) is 11.8 Å².